The number of nitrogens with zero attached hydrogens (tertiary/aromatic N) is 3. The van der Waals surface area contributed by atoms with Crippen LogP contribution in [0, 0.1) is 5.92 Å². The highest BCUT2D eigenvalue weighted by Crippen LogP contribution is 2.28. The number of rotatable bonds is 9. The summed E-state index contributed by atoms with van der Waals surface area (Å²) in [6.07, 6.45) is 0. The molecular weight excluding hydrogens is 464 g/mol. The van der Waals surface area contributed by atoms with E-state index >= 15 is 0 Å². The number of ether oxygens (including phenoxy) is 1. The maximum absolute atomic E-state index is 12.9. The quantitative estimate of drug-likeness (QED) is 0.461. The van der Waals surface area contributed by atoms with E-state index in [4.69, 9.17) is 20.9 Å². The smallest absolute Gasteiger partial charge is 0.273 e. The van der Waals surface area contributed by atoms with Gasteiger partial charge >= 0.3 is 0 Å². The van der Waals surface area contributed by atoms with Crippen molar-refractivity contribution in [3.05, 3.63) is 70.9 Å². The van der Waals surface area contributed by atoms with Gasteiger partial charge in [0.05, 0.1) is 12.6 Å². The summed E-state index contributed by atoms with van der Waals surface area (Å²) in [5.74, 6) is 1.52. The fourth-order valence-electron chi connectivity index (χ4n) is 4.09. The Morgan fingerprint density at radius 1 is 1.11 bits per heavy atom. The molecule has 2 heterocycles. The van der Waals surface area contributed by atoms with Crippen molar-refractivity contribution in [3.63, 3.8) is 0 Å². The number of amides is 1. The van der Waals surface area contributed by atoms with Crippen molar-refractivity contribution in [2.75, 3.05) is 46.4 Å². The number of nitrogens with one attached hydrogen (secondary N) is 1. The molecule has 0 radical (unpaired) electrons. The predicted octanol–water partition coefficient (Wildman–Crippen LogP) is 4.75. The van der Waals surface area contributed by atoms with Gasteiger partial charge in [0.2, 0.25) is 0 Å². The first-order chi connectivity index (χ1) is 16.9. The van der Waals surface area contributed by atoms with Crippen LogP contribution in [0.2, 0.25) is 5.02 Å². The van der Waals surface area contributed by atoms with Crippen LogP contribution in [-0.2, 0) is 0 Å². The number of piperazine rings is 1. The third kappa shape index (κ3) is 6.63. The van der Waals surface area contributed by atoms with Gasteiger partial charge < -0.3 is 19.5 Å². The Balaban J connectivity index is 1.42. The molecule has 1 aliphatic heterocycles. The predicted molar refractivity (Wildman–Crippen MR) is 138 cm³/mol. The van der Waals surface area contributed by atoms with Crippen molar-refractivity contribution in [3.8, 4) is 17.1 Å². The van der Waals surface area contributed by atoms with Gasteiger partial charge in [0.1, 0.15) is 5.75 Å². The highest BCUT2D eigenvalue weighted by molar-refractivity contribution is 6.31. The molecule has 0 spiro atoms. The van der Waals surface area contributed by atoms with Gasteiger partial charge in [0.25, 0.3) is 5.91 Å². The minimum atomic E-state index is -0.275. The Hall–Kier alpha value is -2.87. The first kappa shape index (κ1) is 25.2. The number of benzene rings is 2. The summed E-state index contributed by atoms with van der Waals surface area (Å²) in [5, 5.41) is 7.74. The highest BCUT2D eigenvalue weighted by Gasteiger charge is 2.26. The number of hydrogen-bond donors (Lipinski definition) is 1. The Morgan fingerprint density at radius 3 is 2.51 bits per heavy atom. The minimum absolute atomic E-state index is 0.0221. The van der Waals surface area contributed by atoms with E-state index in [1.807, 2.05) is 48.5 Å². The number of halogens is 1. The molecule has 1 fully saturated rings. The van der Waals surface area contributed by atoms with Crippen LogP contribution in [0.4, 0.5) is 0 Å². The molecule has 0 saturated carbocycles. The fraction of sp³-hybridized carbons (Fsp3) is 0.407. The summed E-state index contributed by atoms with van der Waals surface area (Å²) in [5.41, 5.74) is 2.09. The van der Waals surface area contributed by atoms with Crippen molar-refractivity contribution in [2.45, 2.75) is 19.9 Å². The molecule has 7 nitrogen and oxygen atoms in total. The van der Waals surface area contributed by atoms with Gasteiger partial charge in [-0.25, -0.2) is 0 Å². The SMILES string of the molecule is CC(C)COc1ccc(-c2cc(C(=O)NCC(c3ccccc3Cl)N3CCN(C)CC3)no2)cc1. The molecular formula is C27H33ClN4O3. The van der Waals surface area contributed by atoms with Gasteiger partial charge in [-0.1, -0.05) is 48.8 Å². The summed E-state index contributed by atoms with van der Waals surface area (Å²) < 4.78 is 11.2. The molecule has 1 aliphatic rings. The van der Waals surface area contributed by atoms with Crippen LogP contribution in [-0.4, -0.2) is 67.2 Å². The van der Waals surface area contributed by atoms with E-state index in [0.717, 1.165) is 43.1 Å². The zero-order valence-electron chi connectivity index (χ0n) is 20.5. The second-order valence-electron chi connectivity index (χ2n) is 9.39. The Labute approximate surface area is 212 Å². The molecule has 186 valence electrons. The van der Waals surface area contributed by atoms with Crippen LogP contribution in [0.25, 0.3) is 11.3 Å². The summed E-state index contributed by atoms with van der Waals surface area (Å²) in [7, 11) is 2.12. The van der Waals surface area contributed by atoms with Gasteiger partial charge in [-0.3, -0.25) is 9.69 Å². The normalized spacial score (nSPS) is 15.8. The monoisotopic (exact) mass is 496 g/mol. The van der Waals surface area contributed by atoms with E-state index < -0.39 is 0 Å². The van der Waals surface area contributed by atoms with Gasteiger partial charge in [0, 0.05) is 49.4 Å². The maximum Gasteiger partial charge on any atom is 0.273 e. The van der Waals surface area contributed by atoms with Crippen LogP contribution in [0.1, 0.15) is 35.9 Å². The fourth-order valence-corrected chi connectivity index (χ4v) is 4.35. The average Bonchev–Trinajstić information content (AvgIpc) is 3.35. The van der Waals surface area contributed by atoms with Crippen molar-refractivity contribution >= 4 is 17.5 Å². The van der Waals surface area contributed by atoms with Crippen molar-refractivity contribution < 1.29 is 14.1 Å². The van der Waals surface area contributed by atoms with Gasteiger partial charge in [-0.2, -0.15) is 0 Å². The lowest BCUT2D eigenvalue weighted by Gasteiger charge is -2.38. The van der Waals surface area contributed by atoms with E-state index in [1.54, 1.807) is 6.07 Å². The molecule has 8 heteroatoms. The number of aromatic nitrogens is 1. The van der Waals surface area contributed by atoms with E-state index in [-0.39, 0.29) is 17.6 Å². The summed E-state index contributed by atoms with van der Waals surface area (Å²) >= 11 is 6.53. The van der Waals surface area contributed by atoms with Gasteiger partial charge in [0.15, 0.2) is 11.5 Å². The summed E-state index contributed by atoms with van der Waals surface area (Å²) in [4.78, 5) is 17.6. The molecule has 1 atom stereocenters. The number of carbonyl (C=O) groups is 1. The zero-order chi connectivity index (χ0) is 24.8. The van der Waals surface area contributed by atoms with Crippen molar-refractivity contribution in [1.82, 2.24) is 20.3 Å². The topological polar surface area (TPSA) is 70.8 Å². The number of hydrogen-bond acceptors (Lipinski definition) is 6. The zero-order valence-corrected chi connectivity index (χ0v) is 21.3. The molecule has 1 amide bonds. The Kier molecular flexibility index (Phi) is 8.44. The average molecular weight is 497 g/mol. The number of carbonyl (C=O) groups excluding carboxylic acids is 1. The highest BCUT2D eigenvalue weighted by atomic mass is 35.5. The van der Waals surface area contributed by atoms with Crippen LogP contribution >= 0.6 is 11.6 Å². The summed E-state index contributed by atoms with van der Waals surface area (Å²) in [6, 6.07) is 17.1. The Bertz CT molecular complexity index is 1110. The van der Waals surface area contributed by atoms with Crippen LogP contribution in [0.15, 0.2) is 59.1 Å². The van der Waals surface area contributed by atoms with Crippen molar-refractivity contribution in [2.24, 2.45) is 5.92 Å². The van der Waals surface area contributed by atoms with Crippen LogP contribution in [0.5, 0.6) is 5.75 Å². The van der Waals surface area contributed by atoms with Crippen LogP contribution in [0.3, 0.4) is 0 Å². The lowest BCUT2D eigenvalue weighted by molar-refractivity contribution is 0.0879. The second kappa shape index (κ2) is 11.7. The molecule has 1 N–H and O–H groups in total. The van der Waals surface area contributed by atoms with E-state index in [9.17, 15) is 4.79 Å². The third-order valence-electron chi connectivity index (χ3n) is 6.16. The first-order valence-corrected chi connectivity index (χ1v) is 12.4. The molecule has 1 saturated heterocycles. The molecule has 1 unspecified atom stereocenters. The lowest BCUT2D eigenvalue weighted by atomic mass is 10.0. The van der Waals surface area contributed by atoms with Gasteiger partial charge in [-0.05, 0) is 48.9 Å². The first-order valence-electron chi connectivity index (χ1n) is 12.1. The summed E-state index contributed by atoms with van der Waals surface area (Å²) in [6.45, 7) is 9.08. The molecule has 3 aromatic rings. The third-order valence-corrected chi connectivity index (χ3v) is 6.51. The van der Waals surface area contributed by atoms with E-state index in [2.05, 4.69) is 41.2 Å². The number of likely N-dealkylation sites (N-methyl/N-ethyl adjacent to an activating group) is 1. The molecule has 4 rings (SSSR count). The Morgan fingerprint density at radius 2 is 1.83 bits per heavy atom. The van der Waals surface area contributed by atoms with Crippen LogP contribution < -0.4 is 10.1 Å². The lowest BCUT2D eigenvalue weighted by Crippen LogP contribution is -2.48. The molecule has 0 aliphatic carbocycles. The van der Waals surface area contributed by atoms with E-state index in [0.29, 0.717) is 29.9 Å². The largest absolute Gasteiger partial charge is 0.493 e. The minimum Gasteiger partial charge on any atom is -0.493 e. The maximum atomic E-state index is 12.9. The molecule has 1 aromatic heterocycles. The van der Waals surface area contributed by atoms with Crippen molar-refractivity contribution in [1.29, 1.82) is 0 Å². The molecule has 35 heavy (non-hydrogen) atoms. The standard InChI is InChI=1S/C27H33ClN4O3/c1-19(2)18-34-21-10-8-20(9-11-21)26-16-24(30-35-26)27(33)29-17-25(22-6-4-5-7-23(22)28)32-14-12-31(3)13-15-32/h4-11,16,19,25H,12-15,17-18H2,1-3H3,(H,29,33). The van der Waals surface area contributed by atoms with Gasteiger partial charge in [-0.15, -0.1) is 0 Å². The molecule has 2 aromatic carbocycles. The molecule has 0 bridgehead atoms. The van der Waals surface area contributed by atoms with E-state index in [1.165, 1.54) is 0 Å². The second-order valence-corrected chi connectivity index (χ2v) is 9.80.